The monoisotopic (exact) mass is 389 g/mol. The molecule has 0 fully saturated rings. The second kappa shape index (κ2) is 6.78. The van der Waals surface area contributed by atoms with Crippen LogP contribution in [0.1, 0.15) is 35.8 Å². The Hall–Kier alpha value is -2.16. The molecule has 1 atom stereocenters. The number of aryl methyl sites for hydroxylation is 2. The number of benzene rings is 1. The average Bonchev–Trinajstić information content (AvgIpc) is 3.25. The summed E-state index contributed by atoms with van der Waals surface area (Å²) in [7, 11) is -1.83. The standard InChI is InChI=1S/C19H23N3O4S/c1-21-9-2-3-16(21)17(23)6-8-20-27(25,26)15-11-13-4-5-18(24)22-10-7-14(12-15)19(13)22/h2-3,9,11-12,17,20,23H,4-8,10H2,1H3. The van der Waals surface area contributed by atoms with Gasteiger partial charge in [0, 0.05) is 38.4 Å². The number of sulfonamides is 1. The number of rotatable bonds is 6. The summed E-state index contributed by atoms with van der Waals surface area (Å²) in [5, 5.41) is 10.2. The minimum Gasteiger partial charge on any atom is -0.387 e. The van der Waals surface area contributed by atoms with Crippen molar-refractivity contribution in [3.05, 3.63) is 47.3 Å². The number of nitrogens with one attached hydrogen (secondary N) is 1. The van der Waals surface area contributed by atoms with Crippen LogP contribution < -0.4 is 9.62 Å². The molecule has 8 heteroatoms. The van der Waals surface area contributed by atoms with Crippen molar-refractivity contribution in [3.8, 4) is 0 Å². The van der Waals surface area contributed by atoms with Gasteiger partial charge in [0.25, 0.3) is 0 Å². The molecule has 1 unspecified atom stereocenters. The van der Waals surface area contributed by atoms with E-state index < -0.39 is 16.1 Å². The van der Waals surface area contributed by atoms with Crippen molar-refractivity contribution in [2.45, 2.75) is 36.7 Å². The molecule has 0 saturated heterocycles. The molecule has 2 N–H and O–H groups in total. The Morgan fingerprint density at radius 1 is 1.22 bits per heavy atom. The van der Waals surface area contributed by atoms with Gasteiger partial charge in [0.2, 0.25) is 15.9 Å². The third-order valence-corrected chi connectivity index (χ3v) is 6.81. The predicted octanol–water partition coefficient (Wildman–Crippen LogP) is 1.26. The summed E-state index contributed by atoms with van der Waals surface area (Å²) in [4.78, 5) is 14.0. The molecule has 2 aliphatic rings. The van der Waals surface area contributed by atoms with E-state index >= 15 is 0 Å². The third-order valence-electron chi connectivity index (χ3n) is 5.37. The van der Waals surface area contributed by atoms with Crippen molar-refractivity contribution in [1.29, 1.82) is 0 Å². The number of aliphatic hydroxyl groups is 1. The molecular formula is C19H23N3O4S. The van der Waals surface area contributed by atoms with Crippen molar-refractivity contribution in [1.82, 2.24) is 9.29 Å². The van der Waals surface area contributed by atoms with E-state index in [1.807, 2.05) is 29.9 Å². The predicted molar refractivity (Wildman–Crippen MR) is 101 cm³/mol. The molecule has 0 radical (unpaired) electrons. The van der Waals surface area contributed by atoms with Crippen molar-refractivity contribution < 1.29 is 18.3 Å². The van der Waals surface area contributed by atoms with Gasteiger partial charge >= 0.3 is 0 Å². The van der Waals surface area contributed by atoms with Crippen LogP contribution in [0.3, 0.4) is 0 Å². The van der Waals surface area contributed by atoms with E-state index in [0.29, 0.717) is 25.8 Å². The molecule has 4 rings (SSSR count). The molecule has 0 aliphatic carbocycles. The highest BCUT2D eigenvalue weighted by molar-refractivity contribution is 7.89. The number of hydrogen-bond donors (Lipinski definition) is 2. The molecule has 0 bridgehead atoms. The van der Waals surface area contributed by atoms with Crippen LogP contribution in [0.15, 0.2) is 35.4 Å². The Balaban J connectivity index is 1.48. The smallest absolute Gasteiger partial charge is 0.240 e. The maximum absolute atomic E-state index is 12.7. The number of carbonyl (C=O) groups excluding carboxylic acids is 1. The number of nitrogens with zero attached hydrogens (tertiary/aromatic N) is 2. The normalized spacial score (nSPS) is 17.3. The highest BCUT2D eigenvalue weighted by atomic mass is 32.2. The summed E-state index contributed by atoms with van der Waals surface area (Å²) < 4.78 is 29.8. The Morgan fingerprint density at radius 2 is 1.96 bits per heavy atom. The zero-order valence-corrected chi connectivity index (χ0v) is 16.0. The topological polar surface area (TPSA) is 91.6 Å². The fraction of sp³-hybridized carbons (Fsp3) is 0.421. The molecule has 2 aliphatic heterocycles. The van der Waals surface area contributed by atoms with Crippen LogP contribution in [0.2, 0.25) is 0 Å². The summed E-state index contributed by atoms with van der Waals surface area (Å²) in [6.45, 7) is 0.770. The van der Waals surface area contributed by atoms with E-state index in [9.17, 15) is 18.3 Å². The Bertz CT molecular complexity index is 996. The van der Waals surface area contributed by atoms with Crippen LogP contribution in [-0.2, 0) is 34.7 Å². The lowest BCUT2D eigenvalue weighted by Crippen LogP contribution is -2.33. The number of aliphatic hydroxyl groups excluding tert-OH is 1. The first-order chi connectivity index (χ1) is 12.9. The van der Waals surface area contributed by atoms with Crippen molar-refractivity contribution >= 4 is 21.6 Å². The molecule has 2 aromatic rings. The highest BCUT2D eigenvalue weighted by Crippen LogP contribution is 2.38. The van der Waals surface area contributed by atoms with E-state index in [1.165, 1.54) is 0 Å². The number of carbonyl (C=O) groups is 1. The fourth-order valence-electron chi connectivity index (χ4n) is 3.96. The van der Waals surface area contributed by atoms with E-state index in [4.69, 9.17) is 0 Å². The molecule has 1 aromatic carbocycles. The highest BCUT2D eigenvalue weighted by Gasteiger charge is 2.32. The van der Waals surface area contributed by atoms with Gasteiger partial charge in [0.1, 0.15) is 0 Å². The van der Waals surface area contributed by atoms with Crippen LogP contribution in [0, 0.1) is 0 Å². The lowest BCUT2D eigenvalue weighted by atomic mass is 10.00. The average molecular weight is 389 g/mol. The van der Waals surface area contributed by atoms with Gasteiger partial charge in [-0.3, -0.25) is 4.79 Å². The minimum atomic E-state index is -3.67. The molecule has 3 heterocycles. The van der Waals surface area contributed by atoms with Crippen LogP contribution >= 0.6 is 0 Å². The van der Waals surface area contributed by atoms with E-state index in [-0.39, 0.29) is 23.8 Å². The first kappa shape index (κ1) is 18.2. The summed E-state index contributed by atoms with van der Waals surface area (Å²) in [6, 6.07) is 7.01. The van der Waals surface area contributed by atoms with Crippen LogP contribution in [0.4, 0.5) is 5.69 Å². The number of anilines is 1. The largest absolute Gasteiger partial charge is 0.387 e. The van der Waals surface area contributed by atoms with Gasteiger partial charge in [0.15, 0.2) is 0 Å². The zero-order chi connectivity index (χ0) is 19.2. The van der Waals surface area contributed by atoms with Crippen LogP contribution in [-0.4, -0.2) is 37.1 Å². The van der Waals surface area contributed by atoms with Gasteiger partial charge in [-0.25, -0.2) is 13.1 Å². The van der Waals surface area contributed by atoms with Crippen LogP contribution in [0.25, 0.3) is 0 Å². The minimum absolute atomic E-state index is 0.115. The summed E-state index contributed by atoms with van der Waals surface area (Å²) in [5.41, 5.74) is 3.50. The molecule has 7 nitrogen and oxygen atoms in total. The number of amides is 1. The Morgan fingerprint density at radius 3 is 2.67 bits per heavy atom. The first-order valence-corrected chi connectivity index (χ1v) is 10.6. The first-order valence-electron chi connectivity index (χ1n) is 9.12. The van der Waals surface area contributed by atoms with Crippen molar-refractivity contribution in [2.24, 2.45) is 7.05 Å². The quantitative estimate of drug-likeness (QED) is 0.778. The van der Waals surface area contributed by atoms with Crippen molar-refractivity contribution in [2.75, 3.05) is 18.0 Å². The van der Waals surface area contributed by atoms with Crippen LogP contribution in [0.5, 0.6) is 0 Å². The van der Waals surface area contributed by atoms with E-state index in [1.54, 1.807) is 17.0 Å². The lowest BCUT2D eigenvalue weighted by Gasteiger charge is -2.25. The summed E-state index contributed by atoms with van der Waals surface area (Å²) in [6.07, 6.45) is 3.08. The molecule has 27 heavy (non-hydrogen) atoms. The van der Waals surface area contributed by atoms with Gasteiger partial charge < -0.3 is 14.6 Å². The second-order valence-electron chi connectivity index (χ2n) is 7.13. The SMILES string of the molecule is Cn1cccc1C(O)CCNS(=O)(=O)c1cc2c3c(c1)CCN3C(=O)CC2. The van der Waals surface area contributed by atoms with Gasteiger partial charge in [-0.05, 0) is 54.7 Å². The number of aromatic nitrogens is 1. The summed E-state index contributed by atoms with van der Waals surface area (Å²) >= 11 is 0. The second-order valence-corrected chi connectivity index (χ2v) is 8.90. The lowest BCUT2D eigenvalue weighted by molar-refractivity contribution is -0.118. The van der Waals surface area contributed by atoms with E-state index in [2.05, 4.69) is 4.72 Å². The van der Waals surface area contributed by atoms with E-state index in [0.717, 1.165) is 22.5 Å². The molecule has 0 saturated carbocycles. The van der Waals surface area contributed by atoms with Gasteiger partial charge in [-0.1, -0.05) is 0 Å². The molecular weight excluding hydrogens is 366 g/mol. The van der Waals surface area contributed by atoms with Crippen molar-refractivity contribution in [3.63, 3.8) is 0 Å². The molecule has 1 aromatic heterocycles. The molecule has 1 amide bonds. The summed E-state index contributed by atoms with van der Waals surface area (Å²) in [5.74, 6) is 0.115. The maximum atomic E-state index is 12.7. The Kier molecular flexibility index (Phi) is 4.57. The molecule has 144 valence electrons. The number of hydrogen-bond acceptors (Lipinski definition) is 4. The van der Waals surface area contributed by atoms with Gasteiger partial charge in [-0.15, -0.1) is 0 Å². The maximum Gasteiger partial charge on any atom is 0.240 e. The molecule has 0 spiro atoms. The zero-order valence-electron chi connectivity index (χ0n) is 15.2. The van der Waals surface area contributed by atoms with Gasteiger partial charge in [-0.2, -0.15) is 0 Å². The fourth-order valence-corrected chi connectivity index (χ4v) is 5.11. The third kappa shape index (κ3) is 3.28. The Labute approximate surface area is 158 Å². The van der Waals surface area contributed by atoms with Gasteiger partial charge in [0.05, 0.1) is 16.7 Å².